The van der Waals surface area contributed by atoms with Gasteiger partial charge in [-0.3, -0.25) is 0 Å². The Balaban J connectivity index is 2.35. The molecule has 1 atom stereocenters. The predicted molar refractivity (Wildman–Crippen MR) is 66.2 cm³/mol. The molecule has 0 aliphatic carbocycles. The highest BCUT2D eigenvalue weighted by molar-refractivity contribution is 5.21. The number of aliphatic hydroxyl groups is 2. The fraction of sp³-hybridized carbons (Fsp3) is 0.571. The first kappa shape index (κ1) is 13.2. The van der Waals surface area contributed by atoms with Gasteiger partial charge in [0.1, 0.15) is 0 Å². The fourth-order valence-corrected chi connectivity index (χ4v) is 1.88. The lowest BCUT2D eigenvalue weighted by atomic mass is 9.90. The van der Waals surface area contributed by atoms with E-state index in [1.54, 1.807) is 0 Å². The number of hydrogen-bond donors (Lipinski definition) is 2. The summed E-state index contributed by atoms with van der Waals surface area (Å²) in [6.45, 7) is 2.14. The Bertz CT molecular complexity index is 280. The van der Waals surface area contributed by atoms with E-state index in [4.69, 9.17) is 5.11 Å². The van der Waals surface area contributed by atoms with Crippen molar-refractivity contribution in [1.82, 2.24) is 0 Å². The zero-order valence-electron chi connectivity index (χ0n) is 10.0. The molecule has 0 aromatic heterocycles. The molecule has 2 nitrogen and oxygen atoms in total. The first-order valence-electron chi connectivity index (χ1n) is 6.05. The molecule has 0 aliphatic heterocycles. The van der Waals surface area contributed by atoms with Crippen LogP contribution in [0, 0.1) is 0 Å². The Hall–Kier alpha value is -0.860. The van der Waals surface area contributed by atoms with Crippen LogP contribution in [0.15, 0.2) is 30.3 Å². The van der Waals surface area contributed by atoms with Gasteiger partial charge >= 0.3 is 0 Å². The van der Waals surface area contributed by atoms with Crippen LogP contribution in [0.5, 0.6) is 0 Å². The number of benzene rings is 1. The highest BCUT2D eigenvalue weighted by Gasteiger charge is 2.21. The van der Waals surface area contributed by atoms with Crippen LogP contribution in [-0.4, -0.2) is 16.8 Å². The SMILES string of the molecule is CC(O)(CCCCCCO)c1ccccc1. The zero-order valence-corrected chi connectivity index (χ0v) is 10.0. The lowest BCUT2D eigenvalue weighted by molar-refractivity contribution is 0.0447. The van der Waals surface area contributed by atoms with E-state index in [2.05, 4.69) is 0 Å². The average Bonchev–Trinajstić information content (AvgIpc) is 2.30. The molecule has 0 radical (unpaired) electrons. The summed E-state index contributed by atoms with van der Waals surface area (Å²) in [6, 6.07) is 9.80. The highest BCUT2D eigenvalue weighted by Crippen LogP contribution is 2.26. The molecule has 1 aromatic rings. The van der Waals surface area contributed by atoms with Crippen LogP contribution in [0.25, 0.3) is 0 Å². The zero-order chi connectivity index (χ0) is 11.9. The molecule has 0 amide bonds. The Morgan fingerprint density at radius 3 is 2.25 bits per heavy atom. The molecule has 0 aliphatic rings. The van der Waals surface area contributed by atoms with Crippen molar-refractivity contribution < 1.29 is 10.2 Å². The summed E-state index contributed by atoms with van der Waals surface area (Å²) in [6.07, 6.45) is 4.77. The minimum absolute atomic E-state index is 0.273. The summed E-state index contributed by atoms with van der Waals surface area (Å²) in [5.41, 5.74) is 0.262. The molecule has 2 N–H and O–H groups in total. The first-order chi connectivity index (χ1) is 7.67. The second-order valence-electron chi connectivity index (χ2n) is 4.53. The minimum atomic E-state index is -0.722. The Labute approximate surface area is 97.9 Å². The van der Waals surface area contributed by atoms with E-state index >= 15 is 0 Å². The fourth-order valence-electron chi connectivity index (χ4n) is 1.88. The molecule has 0 saturated heterocycles. The summed E-state index contributed by atoms with van der Waals surface area (Å²) in [5, 5.41) is 18.9. The largest absolute Gasteiger partial charge is 0.396 e. The third kappa shape index (κ3) is 4.33. The molecule has 90 valence electrons. The third-order valence-electron chi connectivity index (χ3n) is 2.97. The highest BCUT2D eigenvalue weighted by atomic mass is 16.3. The van der Waals surface area contributed by atoms with Crippen LogP contribution in [0.3, 0.4) is 0 Å². The molecule has 2 heteroatoms. The van der Waals surface area contributed by atoms with Crippen molar-refractivity contribution in [3.63, 3.8) is 0 Å². The molecule has 0 heterocycles. The molecule has 1 unspecified atom stereocenters. The Kier molecular flexibility index (Phi) is 5.50. The van der Waals surface area contributed by atoms with Crippen molar-refractivity contribution in [2.45, 2.75) is 44.6 Å². The molecule has 0 spiro atoms. The summed E-state index contributed by atoms with van der Waals surface area (Å²) in [4.78, 5) is 0. The smallest absolute Gasteiger partial charge is 0.0868 e. The maximum atomic E-state index is 10.3. The van der Waals surface area contributed by atoms with Gasteiger partial charge in [0.2, 0.25) is 0 Å². The monoisotopic (exact) mass is 222 g/mol. The predicted octanol–water partition coefficient (Wildman–Crippen LogP) is 2.84. The number of aliphatic hydroxyl groups excluding tert-OH is 1. The lowest BCUT2D eigenvalue weighted by Crippen LogP contribution is -2.20. The molecule has 0 fully saturated rings. The van der Waals surface area contributed by atoms with Gasteiger partial charge in [-0.25, -0.2) is 0 Å². The molecular formula is C14H22O2. The van der Waals surface area contributed by atoms with Gasteiger partial charge in [0.05, 0.1) is 5.60 Å². The quantitative estimate of drug-likeness (QED) is 0.696. The summed E-state index contributed by atoms with van der Waals surface area (Å²) < 4.78 is 0. The Morgan fingerprint density at radius 2 is 1.62 bits per heavy atom. The molecule has 1 rings (SSSR count). The van der Waals surface area contributed by atoms with Gasteiger partial charge in [0.25, 0.3) is 0 Å². The van der Waals surface area contributed by atoms with Crippen LogP contribution < -0.4 is 0 Å². The van der Waals surface area contributed by atoms with E-state index in [9.17, 15) is 5.11 Å². The van der Waals surface area contributed by atoms with Crippen molar-refractivity contribution in [2.75, 3.05) is 6.61 Å². The van der Waals surface area contributed by atoms with E-state index in [1.807, 2.05) is 37.3 Å². The first-order valence-corrected chi connectivity index (χ1v) is 6.05. The average molecular weight is 222 g/mol. The molecule has 0 saturated carbocycles. The maximum Gasteiger partial charge on any atom is 0.0868 e. The van der Waals surface area contributed by atoms with Gasteiger partial charge in [-0.2, -0.15) is 0 Å². The summed E-state index contributed by atoms with van der Waals surface area (Å²) >= 11 is 0. The van der Waals surface area contributed by atoms with Gasteiger partial charge < -0.3 is 10.2 Å². The number of rotatable bonds is 7. The molecule has 16 heavy (non-hydrogen) atoms. The second kappa shape index (κ2) is 6.66. The van der Waals surface area contributed by atoms with E-state index in [0.29, 0.717) is 0 Å². The van der Waals surface area contributed by atoms with Gasteiger partial charge in [-0.15, -0.1) is 0 Å². The van der Waals surface area contributed by atoms with Crippen molar-refractivity contribution >= 4 is 0 Å². The molecule has 1 aromatic carbocycles. The van der Waals surface area contributed by atoms with E-state index in [0.717, 1.165) is 37.7 Å². The van der Waals surface area contributed by atoms with Crippen molar-refractivity contribution in [1.29, 1.82) is 0 Å². The molecular weight excluding hydrogens is 200 g/mol. The maximum absolute atomic E-state index is 10.3. The summed E-state index contributed by atoms with van der Waals surface area (Å²) in [5.74, 6) is 0. The standard InChI is InChI=1S/C14H22O2/c1-14(16,11-7-2-3-8-12-15)13-9-5-4-6-10-13/h4-6,9-10,15-16H,2-3,7-8,11-12H2,1H3. The van der Waals surface area contributed by atoms with Crippen molar-refractivity contribution in [3.05, 3.63) is 35.9 Å². The Morgan fingerprint density at radius 1 is 1.00 bits per heavy atom. The van der Waals surface area contributed by atoms with Crippen LogP contribution >= 0.6 is 0 Å². The van der Waals surface area contributed by atoms with E-state index in [-0.39, 0.29) is 6.61 Å². The third-order valence-corrected chi connectivity index (χ3v) is 2.97. The van der Waals surface area contributed by atoms with Crippen LogP contribution in [0.4, 0.5) is 0 Å². The van der Waals surface area contributed by atoms with Gasteiger partial charge in [0.15, 0.2) is 0 Å². The van der Waals surface area contributed by atoms with Gasteiger partial charge in [-0.1, -0.05) is 49.6 Å². The van der Waals surface area contributed by atoms with Crippen LogP contribution in [-0.2, 0) is 5.60 Å². The van der Waals surface area contributed by atoms with E-state index in [1.165, 1.54) is 0 Å². The molecule has 0 bridgehead atoms. The topological polar surface area (TPSA) is 40.5 Å². The summed E-state index contributed by atoms with van der Waals surface area (Å²) in [7, 11) is 0. The van der Waals surface area contributed by atoms with Crippen molar-refractivity contribution in [3.8, 4) is 0 Å². The van der Waals surface area contributed by atoms with E-state index < -0.39 is 5.60 Å². The van der Waals surface area contributed by atoms with Crippen LogP contribution in [0.2, 0.25) is 0 Å². The second-order valence-corrected chi connectivity index (χ2v) is 4.53. The number of hydrogen-bond acceptors (Lipinski definition) is 2. The van der Waals surface area contributed by atoms with Gasteiger partial charge in [-0.05, 0) is 25.3 Å². The van der Waals surface area contributed by atoms with Gasteiger partial charge in [0, 0.05) is 6.61 Å². The minimum Gasteiger partial charge on any atom is -0.396 e. The normalized spacial score (nSPS) is 14.7. The van der Waals surface area contributed by atoms with Crippen molar-refractivity contribution in [2.24, 2.45) is 0 Å². The number of unbranched alkanes of at least 4 members (excludes halogenated alkanes) is 3. The van der Waals surface area contributed by atoms with Crippen LogP contribution in [0.1, 0.15) is 44.6 Å². The lowest BCUT2D eigenvalue weighted by Gasteiger charge is -2.23.